The lowest BCUT2D eigenvalue weighted by molar-refractivity contribution is 0.185. The molecule has 2 saturated heterocycles. The Balaban J connectivity index is 0.00000161. The molecule has 3 rings (SSSR count). The third kappa shape index (κ3) is 3.91. The minimum absolute atomic E-state index is 0. The first-order valence-electron chi connectivity index (χ1n) is 7.90. The van der Waals surface area contributed by atoms with Gasteiger partial charge < -0.3 is 5.32 Å². The fourth-order valence-electron chi connectivity index (χ4n) is 3.77. The maximum Gasteiger partial charge on any atom is 0.279 e. The van der Waals surface area contributed by atoms with Gasteiger partial charge in [0.15, 0.2) is 0 Å². The van der Waals surface area contributed by atoms with Crippen LogP contribution in [0, 0.1) is 11.3 Å². The van der Waals surface area contributed by atoms with Crippen molar-refractivity contribution < 1.29 is 8.42 Å². The highest BCUT2D eigenvalue weighted by Crippen LogP contribution is 2.39. The minimum Gasteiger partial charge on any atom is -0.312 e. The SMILES string of the molecule is CC1(C)CCCN(S(=O)(=O)N[C@@H]2[C@@H]3CCCCN[C@@H]32)C1.Cl. The molecular formula is C14H28ClN3O2S. The van der Waals surface area contributed by atoms with Crippen LogP contribution in [-0.4, -0.2) is 44.4 Å². The summed E-state index contributed by atoms with van der Waals surface area (Å²) in [6.45, 7) is 6.62. The molecule has 124 valence electrons. The predicted molar refractivity (Wildman–Crippen MR) is 86.8 cm³/mol. The largest absolute Gasteiger partial charge is 0.312 e. The summed E-state index contributed by atoms with van der Waals surface area (Å²) in [5.74, 6) is 0.505. The van der Waals surface area contributed by atoms with E-state index in [1.165, 1.54) is 12.8 Å². The van der Waals surface area contributed by atoms with E-state index < -0.39 is 10.2 Å². The van der Waals surface area contributed by atoms with E-state index in [1.54, 1.807) is 4.31 Å². The van der Waals surface area contributed by atoms with Gasteiger partial charge in [-0.15, -0.1) is 12.4 Å². The van der Waals surface area contributed by atoms with E-state index in [0.29, 0.717) is 25.0 Å². The molecule has 5 nitrogen and oxygen atoms in total. The Morgan fingerprint density at radius 2 is 2.00 bits per heavy atom. The van der Waals surface area contributed by atoms with E-state index in [-0.39, 0.29) is 23.9 Å². The number of rotatable bonds is 3. The zero-order valence-electron chi connectivity index (χ0n) is 13.0. The van der Waals surface area contributed by atoms with Crippen molar-refractivity contribution in [2.24, 2.45) is 11.3 Å². The van der Waals surface area contributed by atoms with Gasteiger partial charge >= 0.3 is 0 Å². The number of piperidine rings is 1. The van der Waals surface area contributed by atoms with Crippen LogP contribution in [0.15, 0.2) is 0 Å². The number of fused-ring (bicyclic) bond motifs is 1. The second kappa shape index (κ2) is 6.32. The summed E-state index contributed by atoms with van der Waals surface area (Å²) in [5.41, 5.74) is 0.0963. The van der Waals surface area contributed by atoms with Crippen LogP contribution in [0.3, 0.4) is 0 Å². The standard InChI is InChI=1S/C14H27N3O2S.ClH/c1-14(2)7-5-9-17(10-14)20(18,19)16-13-11-6-3-4-8-15-12(11)13;/h11-13,15-16H,3-10H2,1-2H3;1H/t11-,12+,13-;/m1./s1. The van der Waals surface area contributed by atoms with Gasteiger partial charge in [-0.25, -0.2) is 0 Å². The molecule has 2 heterocycles. The van der Waals surface area contributed by atoms with Crippen LogP contribution >= 0.6 is 12.4 Å². The van der Waals surface area contributed by atoms with E-state index in [9.17, 15) is 8.42 Å². The highest BCUT2D eigenvalue weighted by molar-refractivity contribution is 7.87. The molecule has 2 aliphatic heterocycles. The summed E-state index contributed by atoms with van der Waals surface area (Å²) in [7, 11) is -3.32. The lowest BCUT2D eigenvalue weighted by atomic mass is 9.85. The Labute approximate surface area is 134 Å². The molecule has 3 aliphatic rings. The normalized spacial score (nSPS) is 36.2. The van der Waals surface area contributed by atoms with Crippen molar-refractivity contribution in [2.75, 3.05) is 19.6 Å². The van der Waals surface area contributed by atoms with Crippen molar-refractivity contribution in [2.45, 2.75) is 58.0 Å². The van der Waals surface area contributed by atoms with Gasteiger partial charge in [-0.1, -0.05) is 20.3 Å². The van der Waals surface area contributed by atoms with Gasteiger partial charge in [0, 0.05) is 25.2 Å². The average molecular weight is 338 g/mol. The minimum atomic E-state index is -3.32. The Morgan fingerprint density at radius 3 is 2.71 bits per heavy atom. The molecule has 0 bridgehead atoms. The summed E-state index contributed by atoms with van der Waals surface area (Å²) < 4.78 is 29.7. The van der Waals surface area contributed by atoms with Crippen LogP contribution in [0.25, 0.3) is 0 Å². The molecule has 1 saturated carbocycles. The Bertz CT molecular complexity index is 457. The Kier molecular flexibility index (Phi) is 5.26. The molecule has 0 aromatic heterocycles. The van der Waals surface area contributed by atoms with Crippen molar-refractivity contribution in [3.63, 3.8) is 0 Å². The van der Waals surface area contributed by atoms with Gasteiger partial charge in [0.1, 0.15) is 0 Å². The molecule has 0 amide bonds. The van der Waals surface area contributed by atoms with E-state index in [1.807, 2.05) is 0 Å². The van der Waals surface area contributed by atoms with E-state index >= 15 is 0 Å². The zero-order valence-corrected chi connectivity index (χ0v) is 14.6. The van der Waals surface area contributed by atoms with Gasteiger partial charge in [-0.3, -0.25) is 0 Å². The Morgan fingerprint density at radius 1 is 1.24 bits per heavy atom. The number of hydrogen-bond donors (Lipinski definition) is 2. The van der Waals surface area contributed by atoms with Crippen LogP contribution in [0.2, 0.25) is 0 Å². The van der Waals surface area contributed by atoms with Gasteiger partial charge in [-0.2, -0.15) is 17.4 Å². The van der Waals surface area contributed by atoms with E-state index in [2.05, 4.69) is 23.9 Å². The molecule has 0 aromatic rings. The molecular weight excluding hydrogens is 310 g/mol. The molecule has 3 fully saturated rings. The van der Waals surface area contributed by atoms with Crippen molar-refractivity contribution >= 4 is 22.6 Å². The van der Waals surface area contributed by atoms with Crippen molar-refractivity contribution in [1.29, 1.82) is 0 Å². The second-order valence-corrected chi connectivity index (χ2v) is 9.09. The number of halogens is 1. The van der Waals surface area contributed by atoms with Gasteiger partial charge in [0.2, 0.25) is 0 Å². The maximum atomic E-state index is 12.5. The summed E-state index contributed by atoms with van der Waals surface area (Å²) >= 11 is 0. The third-order valence-electron chi connectivity index (χ3n) is 5.00. The molecule has 21 heavy (non-hydrogen) atoms. The summed E-state index contributed by atoms with van der Waals surface area (Å²) in [6.07, 6.45) is 5.64. The van der Waals surface area contributed by atoms with Gasteiger partial charge in [-0.05, 0) is 43.6 Å². The van der Waals surface area contributed by atoms with Crippen molar-refractivity contribution in [3.8, 4) is 0 Å². The predicted octanol–water partition coefficient (Wildman–Crippen LogP) is 1.51. The first-order chi connectivity index (χ1) is 9.39. The lowest BCUT2D eigenvalue weighted by Crippen LogP contribution is -2.49. The van der Waals surface area contributed by atoms with Crippen LogP contribution in [0.1, 0.15) is 46.0 Å². The van der Waals surface area contributed by atoms with E-state index in [0.717, 1.165) is 25.8 Å². The molecule has 0 radical (unpaired) electrons. The van der Waals surface area contributed by atoms with Crippen LogP contribution in [0.5, 0.6) is 0 Å². The second-order valence-electron chi connectivity index (χ2n) is 7.39. The quantitative estimate of drug-likeness (QED) is 0.820. The molecule has 1 aliphatic carbocycles. The Hall–Kier alpha value is 0.120. The van der Waals surface area contributed by atoms with Gasteiger partial charge in [0.25, 0.3) is 10.2 Å². The summed E-state index contributed by atoms with van der Waals surface area (Å²) in [6, 6.07) is 0.482. The molecule has 3 atom stereocenters. The smallest absolute Gasteiger partial charge is 0.279 e. The van der Waals surface area contributed by atoms with Gasteiger partial charge in [0.05, 0.1) is 0 Å². The molecule has 0 unspecified atom stereocenters. The fourth-order valence-corrected chi connectivity index (χ4v) is 5.47. The first kappa shape index (κ1) is 17.5. The van der Waals surface area contributed by atoms with Crippen LogP contribution in [0.4, 0.5) is 0 Å². The maximum absolute atomic E-state index is 12.5. The molecule has 7 heteroatoms. The highest BCUT2D eigenvalue weighted by atomic mass is 35.5. The van der Waals surface area contributed by atoms with Crippen LogP contribution in [-0.2, 0) is 10.2 Å². The summed E-state index contributed by atoms with van der Waals surface area (Å²) in [5, 5.41) is 3.46. The molecule has 2 N–H and O–H groups in total. The molecule has 0 aromatic carbocycles. The third-order valence-corrected chi connectivity index (χ3v) is 6.56. The number of nitrogens with one attached hydrogen (secondary N) is 2. The average Bonchev–Trinajstić information content (AvgIpc) is 3.04. The van der Waals surface area contributed by atoms with Crippen molar-refractivity contribution in [1.82, 2.24) is 14.3 Å². The van der Waals surface area contributed by atoms with Crippen molar-refractivity contribution in [3.05, 3.63) is 0 Å². The zero-order chi connectivity index (χ0) is 14.4. The molecule has 0 spiro atoms. The van der Waals surface area contributed by atoms with E-state index in [4.69, 9.17) is 0 Å². The topological polar surface area (TPSA) is 61.4 Å². The number of nitrogens with zero attached hydrogens (tertiary/aromatic N) is 1. The fraction of sp³-hybridized carbons (Fsp3) is 1.00. The monoisotopic (exact) mass is 337 g/mol. The van der Waals surface area contributed by atoms with Crippen LogP contribution < -0.4 is 10.0 Å². The summed E-state index contributed by atoms with van der Waals surface area (Å²) in [4.78, 5) is 0. The highest BCUT2D eigenvalue weighted by Gasteiger charge is 2.52. The number of hydrogen-bond acceptors (Lipinski definition) is 3. The lowest BCUT2D eigenvalue weighted by Gasteiger charge is -2.37. The first-order valence-corrected chi connectivity index (χ1v) is 9.34.